The summed E-state index contributed by atoms with van der Waals surface area (Å²) in [5.74, 6) is -1.28. The maximum absolute atomic E-state index is 13.4. The van der Waals surface area contributed by atoms with Crippen LogP contribution in [0.25, 0.3) is 0 Å². The van der Waals surface area contributed by atoms with Crippen LogP contribution in [0.5, 0.6) is 5.75 Å². The SMILES string of the molecule is COc1ccc(Cl)cc1NC(=O)CCNc1c(F)cccc1F. The number of anilines is 2. The second kappa shape index (κ2) is 7.78. The number of carbonyl (C=O) groups is 1. The van der Waals surface area contributed by atoms with E-state index in [2.05, 4.69) is 10.6 Å². The van der Waals surface area contributed by atoms with Crippen molar-refractivity contribution >= 4 is 28.9 Å². The normalized spacial score (nSPS) is 10.3. The molecule has 0 bridgehead atoms. The van der Waals surface area contributed by atoms with Crippen molar-refractivity contribution < 1.29 is 18.3 Å². The number of hydrogen-bond donors (Lipinski definition) is 2. The summed E-state index contributed by atoms with van der Waals surface area (Å²) in [6.07, 6.45) is 0.0173. The highest BCUT2D eigenvalue weighted by molar-refractivity contribution is 6.31. The number of rotatable bonds is 6. The van der Waals surface area contributed by atoms with E-state index in [1.807, 2.05) is 0 Å². The van der Waals surface area contributed by atoms with Crippen LogP contribution in [-0.4, -0.2) is 19.6 Å². The predicted octanol–water partition coefficient (Wildman–Crippen LogP) is 4.07. The monoisotopic (exact) mass is 340 g/mol. The molecular formula is C16H15ClF2N2O2. The van der Waals surface area contributed by atoms with E-state index >= 15 is 0 Å². The number of hydrogen-bond acceptors (Lipinski definition) is 3. The second-order valence-corrected chi connectivity index (χ2v) is 5.10. The van der Waals surface area contributed by atoms with Crippen molar-refractivity contribution in [3.8, 4) is 5.75 Å². The topological polar surface area (TPSA) is 50.4 Å². The zero-order valence-corrected chi connectivity index (χ0v) is 13.1. The van der Waals surface area contributed by atoms with Crippen molar-refractivity contribution in [2.45, 2.75) is 6.42 Å². The third kappa shape index (κ3) is 4.56. The molecule has 0 saturated heterocycles. The average molecular weight is 341 g/mol. The Morgan fingerprint density at radius 2 is 1.91 bits per heavy atom. The van der Waals surface area contributed by atoms with Gasteiger partial charge in [0.15, 0.2) is 0 Å². The lowest BCUT2D eigenvalue weighted by atomic mass is 10.2. The van der Waals surface area contributed by atoms with Gasteiger partial charge in [-0.1, -0.05) is 17.7 Å². The first-order valence-corrected chi connectivity index (χ1v) is 7.20. The number of methoxy groups -OCH3 is 1. The number of carbonyl (C=O) groups excluding carboxylic acids is 1. The predicted molar refractivity (Wildman–Crippen MR) is 86.1 cm³/mol. The van der Waals surface area contributed by atoms with Gasteiger partial charge >= 0.3 is 0 Å². The first-order valence-electron chi connectivity index (χ1n) is 6.82. The van der Waals surface area contributed by atoms with Gasteiger partial charge in [0.1, 0.15) is 23.1 Å². The Labute approximate surface area is 137 Å². The zero-order chi connectivity index (χ0) is 16.8. The van der Waals surface area contributed by atoms with Gasteiger partial charge in [-0.2, -0.15) is 0 Å². The number of para-hydroxylation sites is 1. The van der Waals surface area contributed by atoms with E-state index in [0.29, 0.717) is 16.5 Å². The molecule has 0 atom stereocenters. The van der Waals surface area contributed by atoms with Crippen molar-refractivity contribution in [1.29, 1.82) is 0 Å². The average Bonchev–Trinajstić information content (AvgIpc) is 2.50. The minimum atomic E-state index is -0.707. The van der Waals surface area contributed by atoms with Crippen LogP contribution in [0.15, 0.2) is 36.4 Å². The molecule has 2 aromatic carbocycles. The van der Waals surface area contributed by atoms with Crippen LogP contribution in [-0.2, 0) is 4.79 Å². The summed E-state index contributed by atoms with van der Waals surface area (Å²) in [4.78, 5) is 11.9. The minimum Gasteiger partial charge on any atom is -0.495 e. The molecule has 2 N–H and O–H groups in total. The molecule has 0 aliphatic heterocycles. The molecule has 1 amide bonds. The zero-order valence-electron chi connectivity index (χ0n) is 12.3. The second-order valence-electron chi connectivity index (χ2n) is 4.67. The van der Waals surface area contributed by atoms with Crippen LogP contribution >= 0.6 is 11.6 Å². The van der Waals surface area contributed by atoms with Gasteiger partial charge in [0.2, 0.25) is 5.91 Å². The van der Waals surface area contributed by atoms with E-state index < -0.39 is 11.6 Å². The van der Waals surface area contributed by atoms with Gasteiger partial charge in [-0.15, -0.1) is 0 Å². The third-order valence-corrected chi connectivity index (χ3v) is 3.29. The molecule has 0 unspecified atom stereocenters. The fourth-order valence-corrected chi connectivity index (χ4v) is 2.13. The molecule has 0 heterocycles. The quantitative estimate of drug-likeness (QED) is 0.833. The molecule has 0 radical (unpaired) electrons. The lowest BCUT2D eigenvalue weighted by Crippen LogP contribution is -2.17. The van der Waals surface area contributed by atoms with Gasteiger partial charge < -0.3 is 15.4 Å². The first kappa shape index (κ1) is 17.0. The van der Waals surface area contributed by atoms with Gasteiger partial charge in [0, 0.05) is 18.0 Å². The van der Waals surface area contributed by atoms with Crippen LogP contribution < -0.4 is 15.4 Å². The van der Waals surface area contributed by atoms with Crippen molar-refractivity contribution in [2.75, 3.05) is 24.3 Å². The molecule has 0 fully saturated rings. The summed E-state index contributed by atoms with van der Waals surface area (Å²) in [6, 6.07) is 8.38. The van der Waals surface area contributed by atoms with Crippen LogP contribution in [0.1, 0.15) is 6.42 Å². The van der Waals surface area contributed by atoms with Gasteiger partial charge in [-0.05, 0) is 30.3 Å². The van der Waals surface area contributed by atoms with Gasteiger partial charge in [0.25, 0.3) is 0 Å². The lowest BCUT2D eigenvalue weighted by Gasteiger charge is -2.11. The van der Waals surface area contributed by atoms with Gasteiger partial charge in [-0.3, -0.25) is 4.79 Å². The molecular weight excluding hydrogens is 326 g/mol. The molecule has 0 aromatic heterocycles. The van der Waals surface area contributed by atoms with Gasteiger partial charge in [-0.25, -0.2) is 8.78 Å². The Kier molecular flexibility index (Phi) is 5.76. The largest absolute Gasteiger partial charge is 0.495 e. The van der Waals surface area contributed by atoms with Crippen molar-refractivity contribution in [3.05, 3.63) is 53.1 Å². The highest BCUT2D eigenvalue weighted by Crippen LogP contribution is 2.27. The number of halogens is 3. The van der Waals surface area contributed by atoms with Crippen LogP contribution in [0.4, 0.5) is 20.2 Å². The molecule has 0 saturated carbocycles. The fourth-order valence-electron chi connectivity index (χ4n) is 1.96. The number of benzene rings is 2. The fraction of sp³-hybridized carbons (Fsp3) is 0.188. The van der Waals surface area contributed by atoms with Crippen LogP contribution in [0.2, 0.25) is 5.02 Å². The molecule has 23 heavy (non-hydrogen) atoms. The third-order valence-electron chi connectivity index (χ3n) is 3.05. The highest BCUT2D eigenvalue weighted by Gasteiger charge is 2.10. The van der Waals surface area contributed by atoms with Crippen molar-refractivity contribution in [3.63, 3.8) is 0 Å². The number of nitrogens with one attached hydrogen (secondary N) is 2. The summed E-state index contributed by atoms with van der Waals surface area (Å²) in [5.41, 5.74) is 0.183. The molecule has 122 valence electrons. The van der Waals surface area contributed by atoms with Gasteiger partial charge in [0.05, 0.1) is 12.8 Å². The number of ether oxygens (including phenoxy) is 1. The van der Waals surface area contributed by atoms with E-state index in [-0.39, 0.29) is 24.6 Å². The minimum absolute atomic E-state index is 0.0173. The standard InChI is InChI=1S/C16H15ClF2N2O2/c1-23-14-6-5-10(17)9-13(14)21-15(22)7-8-20-16-11(18)3-2-4-12(16)19/h2-6,9,20H,7-8H2,1H3,(H,21,22). The molecule has 0 aliphatic rings. The molecule has 7 heteroatoms. The Morgan fingerprint density at radius 1 is 1.22 bits per heavy atom. The lowest BCUT2D eigenvalue weighted by molar-refractivity contribution is -0.116. The molecule has 0 spiro atoms. The van der Waals surface area contributed by atoms with Crippen LogP contribution in [0.3, 0.4) is 0 Å². The summed E-state index contributed by atoms with van der Waals surface area (Å²) >= 11 is 5.87. The molecule has 2 rings (SSSR count). The van der Waals surface area contributed by atoms with E-state index in [1.54, 1.807) is 18.2 Å². The highest BCUT2D eigenvalue weighted by atomic mass is 35.5. The first-order chi connectivity index (χ1) is 11.0. The molecule has 0 aliphatic carbocycles. The summed E-state index contributed by atoms with van der Waals surface area (Å²) in [6.45, 7) is 0.0760. The van der Waals surface area contributed by atoms with E-state index in [9.17, 15) is 13.6 Å². The summed E-state index contributed by atoms with van der Waals surface area (Å²) < 4.78 is 32.0. The Morgan fingerprint density at radius 3 is 2.57 bits per heavy atom. The Hall–Kier alpha value is -2.34. The van der Waals surface area contributed by atoms with E-state index in [4.69, 9.17) is 16.3 Å². The maximum Gasteiger partial charge on any atom is 0.226 e. The molecule has 2 aromatic rings. The Bertz CT molecular complexity index is 690. The van der Waals surface area contributed by atoms with Crippen molar-refractivity contribution in [1.82, 2.24) is 0 Å². The van der Waals surface area contributed by atoms with Crippen LogP contribution in [0, 0.1) is 11.6 Å². The van der Waals surface area contributed by atoms with E-state index in [0.717, 1.165) is 12.1 Å². The smallest absolute Gasteiger partial charge is 0.226 e. The van der Waals surface area contributed by atoms with E-state index in [1.165, 1.54) is 13.2 Å². The summed E-state index contributed by atoms with van der Waals surface area (Å²) in [5, 5.41) is 5.66. The summed E-state index contributed by atoms with van der Waals surface area (Å²) in [7, 11) is 1.47. The molecule has 4 nitrogen and oxygen atoms in total. The number of amides is 1. The maximum atomic E-state index is 13.4. The Balaban J connectivity index is 1.92. The van der Waals surface area contributed by atoms with Crippen molar-refractivity contribution in [2.24, 2.45) is 0 Å².